The summed E-state index contributed by atoms with van der Waals surface area (Å²) in [7, 11) is 5.32. The number of carbonyl (C=O) groups is 2. The van der Waals surface area contributed by atoms with Gasteiger partial charge in [0.15, 0.2) is 11.5 Å². The van der Waals surface area contributed by atoms with Crippen LogP contribution in [0.5, 0.6) is 17.2 Å². The highest BCUT2D eigenvalue weighted by molar-refractivity contribution is 6.52. The number of halogens is 1. The zero-order valence-electron chi connectivity index (χ0n) is 20.5. The van der Waals surface area contributed by atoms with Gasteiger partial charge in [0.1, 0.15) is 24.7 Å². The van der Waals surface area contributed by atoms with E-state index in [0.717, 1.165) is 5.69 Å². The van der Waals surface area contributed by atoms with Crippen LogP contribution in [0.3, 0.4) is 0 Å². The Labute approximate surface area is 219 Å². The summed E-state index contributed by atoms with van der Waals surface area (Å²) in [5, 5.41) is 11.6. The summed E-state index contributed by atoms with van der Waals surface area (Å²) in [6.07, 6.45) is 0. The summed E-state index contributed by atoms with van der Waals surface area (Å²) in [4.78, 5) is 30.3. The number of aliphatic hydroxyl groups is 1. The number of rotatable bonds is 5. The second-order valence-corrected chi connectivity index (χ2v) is 9.24. The molecule has 1 unspecified atom stereocenters. The van der Waals surface area contributed by atoms with Crippen molar-refractivity contribution in [2.24, 2.45) is 0 Å². The van der Waals surface area contributed by atoms with Crippen molar-refractivity contribution >= 4 is 40.4 Å². The average Bonchev–Trinajstić information content (AvgIpc) is 3.18. The van der Waals surface area contributed by atoms with Crippen molar-refractivity contribution in [1.82, 2.24) is 0 Å². The molecule has 1 atom stereocenters. The molecule has 2 aliphatic heterocycles. The van der Waals surface area contributed by atoms with E-state index in [-0.39, 0.29) is 21.9 Å². The number of ketones is 1. The molecule has 0 saturated carbocycles. The summed E-state index contributed by atoms with van der Waals surface area (Å²) >= 11 is 6.40. The Kier molecular flexibility index (Phi) is 6.43. The van der Waals surface area contributed by atoms with Gasteiger partial charge in [0.05, 0.1) is 23.7 Å². The van der Waals surface area contributed by atoms with Gasteiger partial charge in [0.25, 0.3) is 11.7 Å². The first-order valence-corrected chi connectivity index (χ1v) is 12.0. The maximum absolute atomic E-state index is 13.5. The third-order valence-corrected chi connectivity index (χ3v) is 6.73. The first-order valence-electron chi connectivity index (χ1n) is 11.6. The first kappa shape index (κ1) is 24.5. The monoisotopic (exact) mass is 520 g/mol. The second kappa shape index (κ2) is 9.71. The molecule has 9 heteroatoms. The molecule has 0 aromatic heterocycles. The number of fused-ring (bicyclic) bond motifs is 1. The number of Topliss-reactive ketones (excluding diaryl/α,β-unsaturated/α-hetero) is 1. The van der Waals surface area contributed by atoms with Crippen molar-refractivity contribution in [3.05, 3.63) is 82.4 Å². The third-order valence-electron chi connectivity index (χ3n) is 6.40. The number of amides is 1. The van der Waals surface area contributed by atoms with Crippen LogP contribution >= 0.6 is 11.6 Å². The average molecular weight is 521 g/mol. The van der Waals surface area contributed by atoms with Gasteiger partial charge in [-0.1, -0.05) is 23.7 Å². The normalized spacial score (nSPS) is 18.2. The molecule has 190 valence electrons. The lowest BCUT2D eigenvalue weighted by atomic mass is 9.94. The van der Waals surface area contributed by atoms with Crippen molar-refractivity contribution in [2.75, 3.05) is 44.2 Å². The Balaban J connectivity index is 1.71. The predicted octanol–water partition coefficient (Wildman–Crippen LogP) is 4.81. The zero-order chi connectivity index (χ0) is 26.3. The Bertz CT molecular complexity index is 1420. The SMILES string of the molecule is COc1ccc(Cl)c(/C(O)=C2\C(=O)C(=O)N(c3ccc4c(c3)OCCO4)C2c2ccc(N(C)C)cc2)c1. The fourth-order valence-electron chi connectivity index (χ4n) is 4.51. The lowest BCUT2D eigenvalue weighted by Crippen LogP contribution is -2.29. The van der Waals surface area contributed by atoms with Crippen LogP contribution in [0.2, 0.25) is 5.02 Å². The number of carbonyl (C=O) groups excluding carboxylic acids is 2. The Morgan fingerprint density at radius 1 is 1.00 bits per heavy atom. The van der Waals surface area contributed by atoms with E-state index in [2.05, 4.69) is 0 Å². The number of ether oxygens (including phenoxy) is 3. The van der Waals surface area contributed by atoms with E-state index < -0.39 is 17.7 Å². The van der Waals surface area contributed by atoms with E-state index in [1.807, 2.05) is 43.3 Å². The molecule has 37 heavy (non-hydrogen) atoms. The summed E-state index contributed by atoms with van der Waals surface area (Å²) < 4.78 is 16.6. The molecule has 0 radical (unpaired) electrons. The summed E-state index contributed by atoms with van der Waals surface area (Å²) in [6, 6.07) is 16.3. The molecule has 0 spiro atoms. The number of hydrogen-bond donors (Lipinski definition) is 1. The third kappa shape index (κ3) is 4.34. The number of methoxy groups -OCH3 is 1. The fraction of sp³-hybridized carbons (Fsp3) is 0.214. The zero-order valence-corrected chi connectivity index (χ0v) is 21.3. The maximum atomic E-state index is 13.5. The molecule has 1 saturated heterocycles. The van der Waals surface area contributed by atoms with Crippen molar-refractivity contribution in [3.63, 3.8) is 0 Å². The van der Waals surface area contributed by atoms with Gasteiger partial charge in [-0.25, -0.2) is 0 Å². The summed E-state index contributed by atoms with van der Waals surface area (Å²) in [5.74, 6) is -0.514. The fourth-order valence-corrected chi connectivity index (χ4v) is 4.72. The van der Waals surface area contributed by atoms with Crippen LogP contribution < -0.4 is 24.0 Å². The summed E-state index contributed by atoms with van der Waals surface area (Å²) in [5.41, 5.74) is 2.13. The van der Waals surface area contributed by atoms with Gasteiger partial charge in [0.2, 0.25) is 0 Å². The van der Waals surface area contributed by atoms with Gasteiger partial charge >= 0.3 is 0 Å². The summed E-state index contributed by atoms with van der Waals surface area (Å²) in [6.45, 7) is 0.801. The van der Waals surface area contributed by atoms with Crippen molar-refractivity contribution in [2.45, 2.75) is 6.04 Å². The second-order valence-electron chi connectivity index (χ2n) is 8.83. The molecular weight excluding hydrogens is 496 g/mol. The lowest BCUT2D eigenvalue weighted by Gasteiger charge is -2.27. The van der Waals surface area contributed by atoms with Gasteiger partial charge in [-0.2, -0.15) is 0 Å². The Hall–Kier alpha value is -4.17. The molecule has 1 fully saturated rings. The van der Waals surface area contributed by atoms with Crippen molar-refractivity contribution in [3.8, 4) is 17.2 Å². The standard InChI is InChI=1S/C28H25ClN2O6/c1-30(2)17-6-4-16(5-7-17)25-24(26(32)20-15-19(35-3)9-10-21(20)29)27(33)28(34)31(25)18-8-11-22-23(14-18)37-13-12-36-22/h4-11,14-15,25,32H,12-13H2,1-3H3/b26-24+. The van der Waals surface area contributed by atoms with Crippen LogP contribution in [-0.2, 0) is 9.59 Å². The van der Waals surface area contributed by atoms with Crippen LogP contribution in [-0.4, -0.2) is 51.2 Å². The van der Waals surface area contributed by atoms with Crippen LogP contribution in [0, 0.1) is 0 Å². The highest BCUT2D eigenvalue weighted by Gasteiger charge is 2.47. The van der Waals surface area contributed by atoms with E-state index >= 15 is 0 Å². The Morgan fingerprint density at radius 2 is 1.70 bits per heavy atom. The first-order chi connectivity index (χ1) is 17.8. The molecule has 2 heterocycles. The number of anilines is 2. The molecule has 5 rings (SSSR count). The van der Waals surface area contributed by atoms with E-state index in [1.165, 1.54) is 18.1 Å². The van der Waals surface area contributed by atoms with E-state index in [0.29, 0.717) is 41.7 Å². The molecule has 1 N–H and O–H groups in total. The number of hydrogen-bond acceptors (Lipinski definition) is 7. The molecule has 0 bridgehead atoms. The minimum atomic E-state index is -0.916. The smallest absolute Gasteiger partial charge is 0.300 e. The molecule has 0 aliphatic carbocycles. The van der Waals surface area contributed by atoms with E-state index in [4.69, 9.17) is 25.8 Å². The van der Waals surface area contributed by atoms with Crippen molar-refractivity contribution < 1.29 is 28.9 Å². The molecule has 1 amide bonds. The lowest BCUT2D eigenvalue weighted by molar-refractivity contribution is -0.132. The minimum absolute atomic E-state index is 0.0763. The molecular formula is C28H25ClN2O6. The highest BCUT2D eigenvalue weighted by atomic mass is 35.5. The largest absolute Gasteiger partial charge is 0.507 e. The maximum Gasteiger partial charge on any atom is 0.300 e. The topological polar surface area (TPSA) is 88.5 Å². The van der Waals surface area contributed by atoms with Gasteiger partial charge in [-0.05, 0) is 48.0 Å². The predicted molar refractivity (Wildman–Crippen MR) is 141 cm³/mol. The quantitative estimate of drug-likeness (QED) is 0.293. The number of nitrogens with zero attached hydrogens (tertiary/aromatic N) is 2. The molecule has 3 aromatic rings. The Morgan fingerprint density at radius 3 is 2.38 bits per heavy atom. The van der Waals surface area contributed by atoms with Gasteiger partial charge in [-0.3, -0.25) is 14.5 Å². The van der Waals surface area contributed by atoms with Gasteiger partial charge in [-0.15, -0.1) is 0 Å². The molecule has 8 nitrogen and oxygen atoms in total. The number of aliphatic hydroxyl groups excluding tert-OH is 1. The van der Waals surface area contributed by atoms with Crippen LogP contribution in [0.4, 0.5) is 11.4 Å². The van der Waals surface area contributed by atoms with Crippen LogP contribution in [0.15, 0.2) is 66.2 Å². The number of benzene rings is 3. The van der Waals surface area contributed by atoms with Gasteiger partial charge in [0, 0.05) is 37.1 Å². The van der Waals surface area contributed by atoms with Crippen molar-refractivity contribution in [1.29, 1.82) is 0 Å². The minimum Gasteiger partial charge on any atom is -0.507 e. The van der Waals surface area contributed by atoms with Crippen LogP contribution in [0.25, 0.3) is 5.76 Å². The van der Waals surface area contributed by atoms with E-state index in [9.17, 15) is 14.7 Å². The molecule has 2 aliphatic rings. The van der Waals surface area contributed by atoms with E-state index in [1.54, 1.807) is 30.3 Å². The van der Waals surface area contributed by atoms with Crippen LogP contribution in [0.1, 0.15) is 17.2 Å². The van der Waals surface area contributed by atoms with Gasteiger partial charge < -0.3 is 24.2 Å². The molecule has 3 aromatic carbocycles. The highest BCUT2D eigenvalue weighted by Crippen LogP contribution is 2.45.